The first-order valence-electron chi connectivity index (χ1n) is 7.67. The fourth-order valence-corrected chi connectivity index (χ4v) is 5.51. The molecule has 0 aromatic heterocycles. The van der Waals surface area contributed by atoms with Gasteiger partial charge >= 0.3 is 0 Å². The molecule has 1 spiro atoms. The summed E-state index contributed by atoms with van der Waals surface area (Å²) in [5.41, 5.74) is 0.213. The molecular formula is C15H26O2S. The Labute approximate surface area is 115 Å². The molecule has 3 aliphatic rings. The van der Waals surface area contributed by atoms with Gasteiger partial charge in [-0.2, -0.15) is 11.8 Å². The second-order valence-electron chi connectivity index (χ2n) is 6.52. The van der Waals surface area contributed by atoms with Gasteiger partial charge in [0.1, 0.15) is 0 Å². The van der Waals surface area contributed by atoms with Crippen LogP contribution in [0.3, 0.4) is 0 Å². The highest BCUT2D eigenvalue weighted by Crippen LogP contribution is 2.44. The number of hydrogen-bond donors (Lipinski definition) is 1. The van der Waals surface area contributed by atoms with Gasteiger partial charge in [0.15, 0.2) is 0 Å². The van der Waals surface area contributed by atoms with Crippen LogP contribution in [0, 0.1) is 11.8 Å². The topological polar surface area (TPSA) is 29.5 Å². The van der Waals surface area contributed by atoms with Crippen LogP contribution in [0.5, 0.6) is 0 Å². The zero-order valence-electron chi connectivity index (χ0n) is 11.3. The molecule has 3 rings (SSSR count). The van der Waals surface area contributed by atoms with Crippen LogP contribution in [-0.4, -0.2) is 34.9 Å². The maximum absolute atomic E-state index is 10.0. The number of ether oxygens (including phenoxy) is 1. The van der Waals surface area contributed by atoms with Gasteiger partial charge in [-0.3, -0.25) is 0 Å². The van der Waals surface area contributed by atoms with Crippen molar-refractivity contribution in [2.75, 3.05) is 18.1 Å². The van der Waals surface area contributed by atoms with Gasteiger partial charge in [-0.25, -0.2) is 0 Å². The van der Waals surface area contributed by atoms with E-state index in [0.717, 1.165) is 31.3 Å². The zero-order chi connectivity index (χ0) is 12.4. The van der Waals surface area contributed by atoms with Crippen LogP contribution < -0.4 is 0 Å². The molecule has 2 heterocycles. The third kappa shape index (κ3) is 2.88. The first-order valence-corrected chi connectivity index (χ1v) is 8.83. The Morgan fingerprint density at radius 3 is 2.83 bits per heavy atom. The average molecular weight is 270 g/mol. The normalized spacial score (nSPS) is 46.2. The smallest absolute Gasteiger partial charge is 0.0783 e. The first-order chi connectivity index (χ1) is 8.77. The van der Waals surface area contributed by atoms with E-state index in [9.17, 15) is 5.11 Å². The van der Waals surface area contributed by atoms with Crippen LogP contribution in [-0.2, 0) is 4.74 Å². The summed E-state index contributed by atoms with van der Waals surface area (Å²) in [4.78, 5) is 0. The van der Waals surface area contributed by atoms with Crippen molar-refractivity contribution in [2.24, 2.45) is 11.8 Å². The van der Waals surface area contributed by atoms with Crippen LogP contribution in [0.2, 0.25) is 0 Å². The molecule has 0 aromatic rings. The fourth-order valence-electron chi connectivity index (χ4n) is 4.13. The van der Waals surface area contributed by atoms with Crippen LogP contribution in [0.15, 0.2) is 0 Å². The summed E-state index contributed by atoms with van der Waals surface area (Å²) in [6, 6.07) is 0. The van der Waals surface area contributed by atoms with Gasteiger partial charge in [0, 0.05) is 12.4 Å². The van der Waals surface area contributed by atoms with Crippen molar-refractivity contribution < 1.29 is 9.84 Å². The molecule has 0 amide bonds. The maximum Gasteiger partial charge on any atom is 0.0783 e. The molecule has 0 bridgehead atoms. The molecule has 4 atom stereocenters. The molecule has 104 valence electrons. The van der Waals surface area contributed by atoms with E-state index < -0.39 is 0 Å². The molecule has 3 fully saturated rings. The van der Waals surface area contributed by atoms with E-state index >= 15 is 0 Å². The predicted molar refractivity (Wildman–Crippen MR) is 75.9 cm³/mol. The Balaban J connectivity index is 1.63. The van der Waals surface area contributed by atoms with E-state index in [1.165, 1.54) is 50.0 Å². The molecule has 2 saturated heterocycles. The number of rotatable bonds is 1. The molecule has 1 aliphatic carbocycles. The van der Waals surface area contributed by atoms with Gasteiger partial charge in [-0.15, -0.1) is 0 Å². The lowest BCUT2D eigenvalue weighted by Crippen LogP contribution is -2.42. The Hall–Kier alpha value is 0.270. The summed E-state index contributed by atoms with van der Waals surface area (Å²) >= 11 is 2.06. The third-order valence-corrected chi connectivity index (χ3v) is 6.42. The second kappa shape index (κ2) is 5.72. The largest absolute Gasteiger partial charge is 0.393 e. The lowest BCUT2D eigenvalue weighted by molar-refractivity contribution is -0.0920. The summed E-state index contributed by atoms with van der Waals surface area (Å²) in [7, 11) is 0. The maximum atomic E-state index is 10.0. The lowest BCUT2D eigenvalue weighted by Gasteiger charge is -2.41. The molecule has 2 nitrogen and oxygen atoms in total. The van der Waals surface area contributed by atoms with Gasteiger partial charge < -0.3 is 9.84 Å². The highest BCUT2D eigenvalue weighted by Gasteiger charge is 2.42. The third-order valence-electron chi connectivity index (χ3n) is 5.20. The Morgan fingerprint density at radius 2 is 2.00 bits per heavy atom. The molecule has 1 N–H and O–H groups in total. The van der Waals surface area contributed by atoms with Gasteiger partial charge in [0.2, 0.25) is 0 Å². The molecule has 0 aromatic carbocycles. The lowest BCUT2D eigenvalue weighted by atomic mass is 9.75. The van der Waals surface area contributed by atoms with Crippen molar-refractivity contribution in [3.05, 3.63) is 0 Å². The first kappa shape index (κ1) is 13.3. The minimum atomic E-state index is -0.0331. The Bertz CT molecular complexity index is 276. The summed E-state index contributed by atoms with van der Waals surface area (Å²) < 4.78 is 6.12. The number of aliphatic hydroxyl groups excluding tert-OH is 1. The highest BCUT2D eigenvalue weighted by atomic mass is 32.2. The van der Waals surface area contributed by atoms with E-state index in [0.29, 0.717) is 0 Å². The van der Waals surface area contributed by atoms with Crippen molar-refractivity contribution >= 4 is 11.8 Å². The second-order valence-corrected chi connectivity index (χ2v) is 7.63. The molecule has 2 aliphatic heterocycles. The summed E-state index contributed by atoms with van der Waals surface area (Å²) in [5.74, 6) is 4.05. The Kier molecular flexibility index (Phi) is 4.21. The Morgan fingerprint density at radius 1 is 1.11 bits per heavy atom. The molecular weight excluding hydrogens is 244 g/mol. The quantitative estimate of drug-likeness (QED) is 0.742. The molecule has 4 unspecified atom stereocenters. The monoisotopic (exact) mass is 270 g/mol. The fraction of sp³-hybridized carbons (Fsp3) is 1.00. The molecule has 3 heteroatoms. The predicted octanol–water partition coefficient (Wildman–Crippen LogP) is 3.23. The van der Waals surface area contributed by atoms with Crippen molar-refractivity contribution in [2.45, 2.75) is 63.1 Å². The van der Waals surface area contributed by atoms with Gasteiger partial charge in [-0.05, 0) is 49.7 Å². The van der Waals surface area contributed by atoms with Crippen LogP contribution in [0.25, 0.3) is 0 Å². The summed E-state index contributed by atoms with van der Waals surface area (Å²) in [5, 5.41) is 10.0. The van der Waals surface area contributed by atoms with Crippen LogP contribution >= 0.6 is 11.8 Å². The van der Waals surface area contributed by atoms with E-state index in [-0.39, 0.29) is 11.7 Å². The van der Waals surface area contributed by atoms with Crippen molar-refractivity contribution in [3.63, 3.8) is 0 Å². The number of aliphatic hydroxyl groups is 1. The average Bonchev–Trinajstić information content (AvgIpc) is 2.69. The summed E-state index contributed by atoms with van der Waals surface area (Å²) in [6.45, 7) is 0.956. The van der Waals surface area contributed by atoms with Crippen molar-refractivity contribution in [1.29, 1.82) is 0 Å². The van der Waals surface area contributed by atoms with Crippen LogP contribution in [0.4, 0.5) is 0 Å². The van der Waals surface area contributed by atoms with Crippen molar-refractivity contribution in [1.82, 2.24) is 0 Å². The minimum Gasteiger partial charge on any atom is -0.393 e. The standard InChI is InChI=1S/C15H26O2S/c16-14-4-2-1-3-12(9-14)13-5-7-17-15(10-13)6-8-18-11-15/h12-14,16H,1-11H2. The zero-order valence-corrected chi connectivity index (χ0v) is 12.1. The minimum absolute atomic E-state index is 0.0331. The van der Waals surface area contributed by atoms with Crippen molar-refractivity contribution in [3.8, 4) is 0 Å². The van der Waals surface area contributed by atoms with E-state index in [2.05, 4.69) is 11.8 Å². The van der Waals surface area contributed by atoms with E-state index in [4.69, 9.17) is 4.74 Å². The number of thioether (sulfide) groups is 1. The van der Waals surface area contributed by atoms with Gasteiger partial charge in [0.05, 0.1) is 11.7 Å². The highest BCUT2D eigenvalue weighted by molar-refractivity contribution is 7.99. The van der Waals surface area contributed by atoms with E-state index in [1.54, 1.807) is 0 Å². The molecule has 1 saturated carbocycles. The van der Waals surface area contributed by atoms with E-state index in [1.807, 2.05) is 0 Å². The van der Waals surface area contributed by atoms with Gasteiger partial charge in [0.25, 0.3) is 0 Å². The number of hydrogen-bond acceptors (Lipinski definition) is 3. The molecule has 0 radical (unpaired) electrons. The van der Waals surface area contributed by atoms with Crippen LogP contribution in [0.1, 0.15) is 51.4 Å². The SMILES string of the molecule is OC1CCCCC(C2CCOC3(CCSC3)C2)C1. The summed E-state index contributed by atoms with van der Waals surface area (Å²) in [6.07, 6.45) is 9.67. The van der Waals surface area contributed by atoms with Gasteiger partial charge in [-0.1, -0.05) is 19.3 Å². The molecule has 18 heavy (non-hydrogen) atoms.